The molecule has 0 radical (unpaired) electrons. The molecule has 1 aromatic rings. The average Bonchev–Trinajstić information content (AvgIpc) is 2.35. The van der Waals surface area contributed by atoms with Gasteiger partial charge in [0.25, 0.3) is 0 Å². The molecule has 2 N–H and O–H groups in total. The van der Waals surface area contributed by atoms with Crippen molar-refractivity contribution < 1.29 is 4.74 Å². The minimum Gasteiger partial charge on any atom is -0.492 e. The normalized spacial score (nSPS) is 20.9. The van der Waals surface area contributed by atoms with Crippen LogP contribution < -0.4 is 10.5 Å². The molecule has 0 amide bonds. The summed E-state index contributed by atoms with van der Waals surface area (Å²) in [5, 5.41) is 0.669. The smallest absolute Gasteiger partial charge is 0.142 e. The van der Waals surface area contributed by atoms with Gasteiger partial charge in [0.2, 0.25) is 0 Å². The molecule has 0 saturated heterocycles. The summed E-state index contributed by atoms with van der Waals surface area (Å²) in [5.74, 6) is 0.789. The first-order valence-corrected chi connectivity index (χ1v) is 5.25. The largest absolute Gasteiger partial charge is 0.492 e. The Morgan fingerprint density at radius 1 is 1.50 bits per heavy atom. The van der Waals surface area contributed by atoms with Gasteiger partial charge in [0, 0.05) is 11.6 Å². The van der Waals surface area contributed by atoms with Gasteiger partial charge < -0.3 is 10.5 Å². The maximum absolute atomic E-state index is 6.08. The van der Waals surface area contributed by atoms with Crippen LogP contribution in [0.25, 0.3) is 0 Å². The molecule has 0 spiro atoms. The number of aryl methyl sites for hydroxylation is 1. The van der Waals surface area contributed by atoms with Gasteiger partial charge in [-0.05, 0) is 31.4 Å². The second-order valence-corrected chi connectivity index (χ2v) is 4.11. The third-order valence-electron chi connectivity index (χ3n) is 2.64. The predicted molar refractivity (Wildman–Crippen MR) is 57.8 cm³/mol. The first-order chi connectivity index (χ1) is 6.70. The zero-order chi connectivity index (χ0) is 10.1. The molecule has 1 atom stereocenters. The SMILES string of the molecule is Cc1ccc(Cl)c2c1[C@@H](N)CCCO2. The summed E-state index contributed by atoms with van der Waals surface area (Å²) in [6, 6.07) is 3.93. The molecule has 1 aliphatic rings. The van der Waals surface area contributed by atoms with Crippen LogP contribution in [0.4, 0.5) is 0 Å². The molecule has 0 fully saturated rings. The summed E-state index contributed by atoms with van der Waals surface area (Å²) < 4.78 is 5.62. The average molecular weight is 212 g/mol. The molecule has 0 unspecified atom stereocenters. The van der Waals surface area contributed by atoms with Gasteiger partial charge in [0.15, 0.2) is 0 Å². The maximum atomic E-state index is 6.08. The molecule has 0 bridgehead atoms. The van der Waals surface area contributed by atoms with E-state index in [2.05, 4.69) is 0 Å². The van der Waals surface area contributed by atoms with Gasteiger partial charge in [0.05, 0.1) is 11.6 Å². The Morgan fingerprint density at radius 2 is 2.29 bits per heavy atom. The van der Waals surface area contributed by atoms with Gasteiger partial charge in [-0.3, -0.25) is 0 Å². The number of ether oxygens (including phenoxy) is 1. The second-order valence-electron chi connectivity index (χ2n) is 3.70. The standard InChI is InChI=1S/C11H14ClNO/c1-7-4-5-8(12)11-10(7)9(13)3-2-6-14-11/h4-5,9H,2-3,6,13H2,1H3/t9-/m0/s1. The van der Waals surface area contributed by atoms with Gasteiger partial charge in [0.1, 0.15) is 5.75 Å². The van der Waals surface area contributed by atoms with Crippen molar-refractivity contribution in [3.8, 4) is 5.75 Å². The van der Waals surface area contributed by atoms with Crippen LogP contribution in [0.3, 0.4) is 0 Å². The molecule has 1 heterocycles. The van der Waals surface area contributed by atoms with E-state index >= 15 is 0 Å². The second kappa shape index (κ2) is 3.79. The van der Waals surface area contributed by atoms with Crippen LogP contribution in [0.2, 0.25) is 5.02 Å². The first kappa shape index (κ1) is 9.81. The Kier molecular flexibility index (Phi) is 2.66. The van der Waals surface area contributed by atoms with E-state index in [4.69, 9.17) is 22.1 Å². The Hall–Kier alpha value is -0.730. The van der Waals surface area contributed by atoms with Gasteiger partial charge in [-0.1, -0.05) is 17.7 Å². The molecule has 2 rings (SSSR count). The highest BCUT2D eigenvalue weighted by atomic mass is 35.5. The fourth-order valence-electron chi connectivity index (χ4n) is 1.90. The van der Waals surface area contributed by atoms with Crippen molar-refractivity contribution in [3.05, 3.63) is 28.3 Å². The quantitative estimate of drug-likeness (QED) is 0.716. The number of hydrogen-bond acceptors (Lipinski definition) is 2. The van der Waals surface area contributed by atoms with Gasteiger partial charge in [-0.25, -0.2) is 0 Å². The predicted octanol–water partition coefficient (Wildman–Crippen LogP) is 2.82. The van der Waals surface area contributed by atoms with Crippen LogP contribution in [0.5, 0.6) is 5.75 Å². The topological polar surface area (TPSA) is 35.2 Å². The van der Waals surface area contributed by atoms with Crippen LogP contribution in [-0.2, 0) is 0 Å². The molecular formula is C11H14ClNO. The molecule has 2 nitrogen and oxygen atoms in total. The molecule has 76 valence electrons. The third kappa shape index (κ3) is 1.60. The molecular weight excluding hydrogens is 198 g/mol. The van der Waals surface area contributed by atoms with E-state index in [1.807, 2.05) is 19.1 Å². The number of benzene rings is 1. The zero-order valence-electron chi connectivity index (χ0n) is 8.22. The third-order valence-corrected chi connectivity index (χ3v) is 2.94. The van der Waals surface area contributed by atoms with E-state index in [1.165, 1.54) is 5.56 Å². The van der Waals surface area contributed by atoms with Crippen LogP contribution >= 0.6 is 11.6 Å². The number of rotatable bonds is 0. The number of fused-ring (bicyclic) bond motifs is 1. The van der Waals surface area contributed by atoms with Crippen molar-refractivity contribution in [2.24, 2.45) is 5.73 Å². The van der Waals surface area contributed by atoms with E-state index in [0.717, 1.165) is 24.2 Å². The molecule has 1 aromatic carbocycles. The van der Waals surface area contributed by atoms with Crippen molar-refractivity contribution in [1.82, 2.24) is 0 Å². The minimum atomic E-state index is 0.0613. The summed E-state index contributed by atoms with van der Waals surface area (Å²) in [7, 11) is 0. The van der Waals surface area contributed by atoms with Gasteiger partial charge in [-0.15, -0.1) is 0 Å². The minimum absolute atomic E-state index is 0.0613. The summed E-state index contributed by atoms with van der Waals surface area (Å²) >= 11 is 6.07. The molecule has 0 saturated carbocycles. The highest BCUT2D eigenvalue weighted by molar-refractivity contribution is 6.32. The fourth-order valence-corrected chi connectivity index (χ4v) is 2.12. The van der Waals surface area contributed by atoms with E-state index in [-0.39, 0.29) is 6.04 Å². The zero-order valence-corrected chi connectivity index (χ0v) is 8.97. The van der Waals surface area contributed by atoms with Crippen LogP contribution in [0, 0.1) is 6.92 Å². The highest BCUT2D eigenvalue weighted by Crippen LogP contribution is 2.37. The highest BCUT2D eigenvalue weighted by Gasteiger charge is 2.20. The lowest BCUT2D eigenvalue weighted by Gasteiger charge is -2.15. The van der Waals surface area contributed by atoms with Crippen molar-refractivity contribution in [2.75, 3.05) is 6.61 Å². The maximum Gasteiger partial charge on any atom is 0.142 e. The van der Waals surface area contributed by atoms with Crippen molar-refractivity contribution >= 4 is 11.6 Å². The van der Waals surface area contributed by atoms with Crippen LogP contribution in [-0.4, -0.2) is 6.61 Å². The Bertz CT molecular complexity index is 351. The number of halogens is 1. The molecule has 0 aliphatic carbocycles. The molecule has 1 aliphatic heterocycles. The summed E-state index contributed by atoms with van der Waals surface area (Å²) in [5.41, 5.74) is 8.32. The van der Waals surface area contributed by atoms with Crippen LogP contribution in [0.15, 0.2) is 12.1 Å². The van der Waals surface area contributed by atoms with Crippen molar-refractivity contribution in [1.29, 1.82) is 0 Å². The Labute approximate surface area is 89.0 Å². The lowest BCUT2D eigenvalue weighted by atomic mass is 9.98. The fraction of sp³-hybridized carbons (Fsp3) is 0.455. The van der Waals surface area contributed by atoms with Crippen molar-refractivity contribution in [2.45, 2.75) is 25.8 Å². The Balaban J connectivity index is 2.57. The summed E-state index contributed by atoms with van der Waals surface area (Å²) in [6.45, 7) is 2.76. The molecule has 3 heteroatoms. The number of hydrogen-bond donors (Lipinski definition) is 1. The molecule has 0 aromatic heterocycles. The van der Waals surface area contributed by atoms with E-state index in [9.17, 15) is 0 Å². The Morgan fingerprint density at radius 3 is 3.07 bits per heavy atom. The van der Waals surface area contributed by atoms with Crippen LogP contribution in [0.1, 0.15) is 30.0 Å². The molecule has 14 heavy (non-hydrogen) atoms. The van der Waals surface area contributed by atoms with E-state index in [0.29, 0.717) is 11.6 Å². The van der Waals surface area contributed by atoms with E-state index in [1.54, 1.807) is 0 Å². The summed E-state index contributed by atoms with van der Waals surface area (Å²) in [6.07, 6.45) is 1.96. The van der Waals surface area contributed by atoms with Gasteiger partial charge >= 0.3 is 0 Å². The van der Waals surface area contributed by atoms with E-state index < -0.39 is 0 Å². The summed E-state index contributed by atoms with van der Waals surface area (Å²) in [4.78, 5) is 0. The monoisotopic (exact) mass is 211 g/mol. The number of nitrogens with two attached hydrogens (primary N) is 1. The lowest BCUT2D eigenvalue weighted by Crippen LogP contribution is -2.10. The lowest BCUT2D eigenvalue weighted by molar-refractivity contribution is 0.316. The van der Waals surface area contributed by atoms with Gasteiger partial charge in [-0.2, -0.15) is 0 Å². The first-order valence-electron chi connectivity index (χ1n) is 4.87. The van der Waals surface area contributed by atoms with Crippen molar-refractivity contribution in [3.63, 3.8) is 0 Å².